The number of rotatable bonds is 20. The van der Waals surface area contributed by atoms with Crippen LogP contribution in [0.1, 0.15) is 24.0 Å². The van der Waals surface area contributed by atoms with E-state index in [4.69, 9.17) is 26.6 Å². The molecule has 15 heteroatoms. The molecule has 0 fully saturated rings. The highest BCUT2D eigenvalue weighted by molar-refractivity contribution is 7.99. The molecular weight excluding hydrogens is 649 g/mol. The fourth-order valence-electron chi connectivity index (χ4n) is 4.52. The SMILES string of the molecule is CO[Si](OC)(OC)C(CCSCCC([Si](OC)(OC)OC)S(=O)(=O)C=Cc1ccccc1)S(=O)(=O)C=Cc1ccccc1. The summed E-state index contributed by atoms with van der Waals surface area (Å²) in [5.41, 5.74) is 1.46. The van der Waals surface area contributed by atoms with Crippen LogP contribution < -0.4 is 0 Å². The van der Waals surface area contributed by atoms with Gasteiger partial charge in [0.2, 0.25) is 0 Å². The fourth-order valence-corrected chi connectivity index (χ4v) is 17.2. The van der Waals surface area contributed by atoms with Crippen molar-refractivity contribution in [1.82, 2.24) is 0 Å². The molecule has 0 aliphatic carbocycles. The molecule has 0 saturated carbocycles. The molecule has 0 N–H and O–H groups in total. The van der Waals surface area contributed by atoms with Gasteiger partial charge >= 0.3 is 17.6 Å². The van der Waals surface area contributed by atoms with Crippen LogP contribution in [0.5, 0.6) is 0 Å². The Morgan fingerprint density at radius 2 is 0.884 bits per heavy atom. The summed E-state index contributed by atoms with van der Waals surface area (Å²) in [6.07, 6.45) is 3.36. The van der Waals surface area contributed by atoms with Crippen molar-refractivity contribution in [2.24, 2.45) is 0 Å². The summed E-state index contributed by atoms with van der Waals surface area (Å²) < 4.78 is 87.6. The summed E-state index contributed by atoms with van der Waals surface area (Å²) >= 11 is 1.40. The van der Waals surface area contributed by atoms with E-state index in [0.717, 1.165) is 21.9 Å². The van der Waals surface area contributed by atoms with Crippen LogP contribution in [0.4, 0.5) is 0 Å². The monoisotopic (exact) mass is 690 g/mol. The Kier molecular flexibility index (Phi) is 15.5. The van der Waals surface area contributed by atoms with E-state index in [1.54, 1.807) is 24.3 Å². The maximum absolute atomic E-state index is 13.5. The Bertz CT molecular complexity index is 1240. The summed E-state index contributed by atoms with van der Waals surface area (Å²) in [6.45, 7) is 0. The number of sulfone groups is 2. The van der Waals surface area contributed by atoms with Crippen LogP contribution in [0.25, 0.3) is 12.2 Å². The van der Waals surface area contributed by atoms with Gasteiger partial charge in [-0.05, 0) is 47.6 Å². The molecule has 2 rings (SSSR count). The number of thioether (sulfide) groups is 1. The molecule has 0 bridgehead atoms. The van der Waals surface area contributed by atoms with Crippen molar-refractivity contribution >= 4 is 61.2 Å². The van der Waals surface area contributed by atoms with Gasteiger partial charge in [0.05, 0.1) is 0 Å². The van der Waals surface area contributed by atoms with Gasteiger partial charge in [0.1, 0.15) is 9.75 Å². The second-order valence-electron chi connectivity index (χ2n) is 9.20. The summed E-state index contributed by atoms with van der Waals surface area (Å²) in [7, 11) is -6.78. The summed E-state index contributed by atoms with van der Waals surface area (Å²) in [5.74, 6) is 0.726. The van der Waals surface area contributed by atoms with E-state index in [2.05, 4.69) is 0 Å². The van der Waals surface area contributed by atoms with E-state index >= 15 is 0 Å². The second kappa shape index (κ2) is 17.7. The topological polar surface area (TPSA) is 124 Å². The number of hydrogen-bond donors (Lipinski definition) is 0. The molecule has 0 radical (unpaired) electrons. The van der Waals surface area contributed by atoms with Gasteiger partial charge in [-0.1, -0.05) is 60.7 Å². The van der Waals surface area contributed by atoms with Crippen molar-refractivity contribution in [3.05, 3.63) is 82.6 Å². The van der Waals surface area contributed by atoms with Gasteiger partial charge < -0.3 is 26.6 Å². The molecular formula is C28H42O10S3Si2. The van der Waals surface area contributed by atoms with Crippen LogP contribution in [0.15, 0.2) is 71.5 Å². The fraction of sp³-hybridized carbons (Fsp3) is 0.429. The van der Waals surface area contributed by atoms with Gasteiger partial charge in [-0.3, -0.25) is 0 Å². The number of benzene rings is 2. The maximum atomic E-state index is 13.5. The molecule has 0 saturated heterocycles. The minimum Gasteiger partial charge on any atom is -0.376 e. The molecule has 0 amide bonds. The third-order valence-corrected chi connectivity index (χ3v) is 20.2. The molecule has 0 spiro atoms. The summed E-state index contributed by atoms with van der Waals surface area (Å²) in [5, 5.41) is 2.32. The minimum absolute atomic E-state index is 0.153. The molecule has 2 unspecified atom stereocenters. The van der Waals surface area contributed by atoms with Gasteiger partial charge in [0.25, 0.3) is 0 Å². The Morgan fingerprint density at radius 3 is 1.16 bits per heavy atom. The lowest BCUT2D eigenvalue weighted by atomic mass is 10.2. The molecule has 240 valence electrons. The Labute approximate surface area is 263 Å². The zero-order valence-electron chi connectivity index (χ0n) is 25.4. The summed E-state index contributed by atoms with van der Waals surface area (Å²) in [6, 6.07) is 18.2. The third kappa shape index (κ3) is 10.2. The highest BCUT2D eigenvalue weighted by Crippen LogP contribution is 2.29. The van der Waals surface area contributed by atoms with Crippen LogP contribution in [0.2, 0.25) is 0 Å². The van der Waals surface area contributed by atoms with Gasteiger partial charge in [-0.2, -0.15) is 11.8 Å². The van der Waals surface area contributed by atoms with Crippen molar-refractivity contribution in [3.63, 3.8) is 0 Å². The second-order valence-corrected chi connectivity index (χ2v) is 21.6. The standard InChI is InChI=1S/C28H42O10S3Si2/c1-33-42(34-2,35-3)27(40(29,30)23-19-25-13-9-7-10-14-25)17-21-39-22-18-28(43(36-4,37-5)38-6)41(31,32)24-20-26-15-11-8-12-16-26/h7-16,19-20,23-24,27-28H,17-18,21-22H2,1-6H3. The van der Waals surface area contributed by atoms with E-state index in [9.17, 15) is 16.8 Å². The van der Waals surface area contributed by atoms with Crippen LogP contribution >= 0.6 is 11.8 Å². The maximum Gasteiger partial charge on any atom is 0.519 e. The van der Waals surface area contributed by atoms with E-state index in [1.165, 1.54) is 66.6 Å². The van der Waals surface area contributed by atoms with Crippen molar-refractivity contribution in [3.8, 4) is 0 Å². The average molecular weight is 691 g/mol. The molecule has 2 atom stereocenters. The van der Waals surface area contributed by atoms with E-state index < -0.39 is 47.0 Å². The Balaban J connectivity index is 2.24. The van der Waals surface area contributed by atoms with Crippen LogP contribution in [0, 0.1) is 0 Å². The molecule has 2 aromatic rings. The quantitative estimate of drug-likeness (QED) is 0.146. The van der Waals surface area contributed by atoms with Gasteiger partial charge in [-0.25, -0.2) is 16.8 Å². The van der Waals surface area contributed by atoms with Crippen LogP contribution in [-0.4, -0.2) is 98.4 Å². The first-order valence-corrected chi connectivity index (χ1v) is 21.3. The number of hydrogen-bond acceptors (Lipinski definition) is 11. The normalized spacial score (nSPS) is 14.8. The zero-order chi connectivity index (χ0) is 32.0. The highest BCUT2D eigenvalue weighted by Gasteiger charge is 2.54. The van der Waals surface area contributed by atoms with Gasteiger partial charge in [0.15, 0.2) is 19.7 Å². The average Bonchev–Trinajstić information content (AvgIpc) is 3.03. The third-order valence-electron chi connectivity index (χ3n) is 6.84. The molecule has 43 heavy (non-hydrogen) atoms. The van der Waals surface area contributed by atoms with Crippen molar-refractivity contribution < 1.29 is 43.4 Å². The first kappa shape index (κ1) is 37.6. The predicted molar refractivity (Wildman–Crippen MR) is 176 cm³/mol. The van der Waals surface area contributed by atoms with Crippen LogP contribution in [0.3, 0.4) is 0 Å². The Hall–Kier alpha value is -1.64. The van der Waals surface area contributed by atoms with Crippen molar-refractivity contribution in [2.45, 2.75) is 22.6 Å². The van der Waals surface area contributed by atoms with E-state index in [0.29, 0.717) is 11.5 Å². The lowest BCUT2D eigenvalue weighted by Crippen LogP contribution is -2.57. The van der Waals surface area contributed by atoms with Gasteiger partial charge in [0, 0.05) is 53.5 Å². The molecule has 0 aliphatic heterocycles. The summed E-state index contributed by atoms with van der Waals surface area (Å²) in [4.78, 5) is -2.16. The highest BCUT2D eigenvalue weighted by atomic mass is 32.2. The van der Waals surface area contributed by atoms with Crippen molar-refractivity contribution in [1.29, 1.82) is 0 Å². The molecule has 2 aromatic carbocycles. The largest absolute Gasteiger partial charge is 0.519 e. The van der Waals surface area contributed by atoms with E-state index in [1.807, 2.05) is 36.4 Å². The van der Waals surface area contributed by atoms with Crippen LogP contribution in [-0.2, 0) is 46.2 Å². The first-order valence-electron chi connectivity index (χ1n) is 13.3. The Morgan fingerprint density at radius 1 is 0.581 bits per heavy atom. The minimum atomic E-state index is -3.88. The smallest absolute Gasteiger partial charge is 0.376 e. The first-order chi connectivity index (χ1) is 20.5. The molecule has 0 aromatic heterocycles. The van der Waals surface area contributed by atoms with Gasteiger partial charge in [-0.15, -0.1) is 0 Å². The lowest BCUT2D eigenvalue weighted by Gasteiger charge is -2.32. The van der Waals surface area contributed by atoms with Crippen molar-refractivity contribution in [2.75, 3.05) is 54.2 Å². The van der Waals surface area contributed by atoms with E-state index in [-0.39, 0.29) is 12.8 Å². The zero-order valence-corrected chi connectivity index (χ0v) is 29.8. The molecule has 0 heterocycles. The predicted octanol–water partition coefficient (Wildman–Crippen LogP) is 4.24. The molecule has 0 aliphatic rings. The lowest BCUT2D eigenvalue weighted by molar-refractivity contribution is 0.120. The molecule has 10 nitrogen and oxygen atoms in total.